The van der Waals surface area contributed by atoms with Crippen molar-refractivity contribution in [1.29, 1.82) is 0 Å². The normalized spacial score (nSPS) is 13.0. The third kappa shape index (κ3) is 2.07. The molecule has 0 aromatic carbocycles. The van der Waals surface area contributed by atoms with Gasteiger partial charge >= 0.3 is 0 Å². The van der Waals surface area contributed by atoms with Crippen molar-refractivity contribution in [1.82, 2.24) is 20.3 Å². The van der Waals surface area contributed by atoms with E-state index in [2.05, 4.69) is 47.5 Å². The van der Waals surface area contributed by atoms with Crippen molar-refractivity contribution < 1.29 is 4.42 Å². The monoisotopic (exact) mass is 348 g/mol. The summed E-state index contributed by atoms with van der Waals surface area (Å²) in [5.41, 5.74) is 0.921. The van der Waals surface area contributed by atoms with E-state index in [1.54, 1.807) is 4.68 Å². The molecule has 1 unspecified atom stereocenters. The molecule has 0 aliphatic heterocycles. The van der Waals surface area contributed by atoms with Gasteiger partial charge < -0.3 is 9.73 Å². The van der Waals surface area contributed by atoms with E-state index < -0.39 is 0 Å². The van der Waals surface area contributed by atoms with Crippen LogP contribution in [0.2, 0.25) is 0 Å². The molecule has 0 saturated heterocycles. The van der Waals surface area contributed by atoms with Crippen LogP contribution in [0.15, 0.2) is 25.8 Å². The van der Waals surface area contributed by atoms with Crippen molar-refractivity contribution in [2.45, 2.75) is 6.04 Å². The van der Waals surface area contributed by atoms with Crippen molar-refractivity contribution in [3.8, 4) is 0 Å². The van der Waals surface area contributed by atoms with E-state index in [9.17, 15) is 0 Å². The van der Waals surface area contributed by atoms with Gasteiger partial charge in [-0.1, -0.05) is 5.21 Å². The molecule has 0 amide bonds. The number of aromatic nitrogens is 3. The van der Waals surface area contributed by atoms with E-state index in [0.717, 1.165) is 11.5 Å². The van der Waals surface area contributed by atoms with Crippen molar-refractivity contribution in [3.05, 3.63) is 32.9 Å². The zero-order valence-corrected chi connectivity index (χ0v) is 11.9. The summed E-state index contributed by atoms with van der Waals surface area (Å²) in [7, 11) is 3.70. The molecule has 86 valence electrons. The summed E-state index contributed by atoms with van der Waals surface area (Å²) in [6.45, 7) is 0. The van der Waals surface area contributed by atoms with E-state index in [4.69, 9.17) is 4.42 Å². The minimum absolute atomic E-state index is 0.0827. The molecule has 0 spiro atoms. The average Bonchev–Trinajstić information content (AvgIpc) is 2.80. The Balaban J connectivity index is 2.44. The van der Waals surface area contributed by atoms with Gasteiger partial charge in [0.05, 0.1) is 5.69 Å². The second-order valence-corrected chi connectivity index (χ2v) is 4.79. The standard InChI is InChI=1S/C9H10Br2N4O/c1-12-7(5-3-4-6(10)16-5)8-9(11)13-14-15(8)2/h3-4,7,12H,1-2H3. The second kappa shape index (κ2) is 4.68. The third-order valence-corrected chi connectivity index (χ3v) is 3.26. The molecule has 16 heavy (non-hydrogen) atoms. The van der Waals surface area contributed by atoms with Gasteiger partial charge in [-0.2, -0.15) is 0 Å². The van der Waals surface area contributed by atoms with Gasteiger partial charge in [0, 0.05) is 7.05 Å². The molecule has 0 aliphatic carbocycles. The molecule has 0 aliphatic rings. The van der Waals surface area contributed by atoms with E-state index in [1.807, 2.05) is 26.2 Å². The van der Waals surface area contributed by atoms with Gasteiger partial charge in [0.25, 0.3) is 0 Å². The van der Waals surface area contributed by atoms with Gasteiger partial charge in [-0.15, -0.1) is 5.10 Å². The first-order chi connectivity index (χ1) is 7.63. The quantitative estimate of drug-likeness (QED) is 0.923. The lowest BCUT2D eigenvalue weighted by Gasteiger charge is -2.13. The van der Waals surface area contributed by atoms with Crippen LogP contribution in [0.25, 0.3) is 0 Å². The van der Waals surface area contributed by atoms with E-state index in [0.29, 0.717) is 9.27 Å². The number of nitrogens with zero attached hydrogens (tertiary/aromatic N) is 3. The Kier molecular flexibility index (Phi) is 3.46. The van der Waals surface area contributed by atoms with Gasteiger partial charge in [-0.3, -0.25) is 0 Å². The fourth-order valence-electron chi connectivity index (χ4n) is 1.54. The molecule has 0 fully saturated rings. The lowest BCUT2D eigenvalue weighted by Crippen LogP contribution is -2.20. The number of hydrogen-bond donors (Lipinski definition) is 1. The third-order valence-electron chi connectivity index (χ3n) is 2.27. The number of hydrogen-bond acceptors (Lipinski definition) is 4. The lowest BCUT2D eigenvalue weighted by atomic mass is 10.1. The summed E-state index contributed by atoms with van der Waals surface area (Å²) in [6.07, 6.45) is 0. The van der Waals surface area contributed by atoms with Crippen LogP contribution in [-0.2, 0) is 7.05 Å². The first-order valence-electron chi connectivity index (χ1n) is 4.61. The zero-order chi connectivity index (χ0) is 11.7. The van der Waals surface area contributed by atoms with Gasteiger partial charge in [0.2, 0.25) is 0 Å². The molecule has 0 saturated carbocycles. The van der Waals surface area contributed by atoms with E-state index in [1.165, 1.54) is 0 Å². The van der Waals surface area contributed by atoms with Crippen LogP contribution in [0.5, 0.6) is 0 Å². The largest absolute Gasteiger partial charge is 0.452 e. The summed E-state index contributed by atoms with van der Waals surface area (Å²) in [5, 5.41) is 11.1. The smallest absolute Gasteiger partial charge is 0.169 e. The molecular weight excluding hydrogens is 340 g/mol. The van der Waals surface area contributed by atoms with E-state index >= 15 is 0 Å². The maximum absolute atomic E-state index is 5.53. The molecule has 0 bridgehead atoms. The van der Waals surface area contributed by atoms with Gasteiger partial charge in [-0.05, 0) is 51.0 Å². The van der Waals surface area contributed by atoms with Crippen molar-refractivity contribution >= 4 is 31.9 Å². The van der Waals surface area contributed by atoms with Crippen molar-refractivity contribution in [2.75, 3.05) is 7.05 Å². The summed E-state index contributed by atoms with van der Waals surface area (Å²) >= 11 is 6.66. The maximum Gasteiger partial charge on any atom is 0.169 e. The van der Waals surface area contributed by atoms with Gasteiger partial charge in [-0.25, -0.2) is 4.68 Å². The molecule has 2 rings (SSSR count). The summed E-state index contributed by atoms with van der Waals surface area (Å²) < 4.78 is 8.66. The molecule has 2 aromatic rings. The van der Waals surface area contributed by atoms with Crippen LogP contribution in [-0.4, -0.2) is 22.0 Å². The minimum Gasteiger partial charge on any atom is -0.452 e. The van der Waals surface area contributed by atoms with Crippen LogP contribution in [0, 0.1) is 0 Å². The predicted octanol–water partition coefficient (Wildman–Crippen LogP) is 2.24. The molecule has 5 nitrogen and oxygen atoms in total. The Morgan fingerprint density at radius 2 is 2.19 bits per heavy atom. The number of furan rings is 1. The Morgan fingerprint density at radius 1 is 1.44 bits per heavy atom. The minimum atomic E-state index is -0.0827. The average molecular weight is 350 g/mol. The summed E-state index contributed by atoms with van der Waals surface area (Å²) in [4.78, 5) is 0. The molecule has 7 heteroatoms. The highest BCUT2D eigenvalue weighted by Crippen LogP contribution is 2.28. The Morgan fingerprint density at radius 3 is 2.62 bits per heavy atom. The van der Waals surface area contributed by atoms with Crippen molar-refractivity contribution in [3.63, 3.8) is 0 Å². The molecule has 1 N–H and O–H groups in total. The van der Waals surface area contributed by atoms with Crippen molar-refractivity contribution in [2.24, 2.45) is 7.05 Å². The van der Waals surface area contributed by atoms with Crippen LogP contribution >= 0.6 is 31.9 Å². The number of halogens is 2. The topological polar surface area (TPSA) is 55.9 Å². The van der Waals surface area contributed by atoms with Crippen LogP contribution in [0.1, 0.15) is 17.5 Å². The second-order valence-electron chi connectivity index (χ2n) is 3.25. The van der Waals surface area contributed by atoms with Crippen LogP contribution in [0.3, 0.4) is 0 Å². The Hall–Kier alpha value is -0.660. The highest BCUT2D eigenvalue weighted by atomic mass is 79.9. The SMILES string of the molecule is CNC(c1ccc(Br)o1)c1c(Br)nnn1C. The maximum atomic E-state index is 5.53. The van der Waals surface area contributed by atoms with Crippen LogP contribution < -0.4 is 5.32 Å². The number of rotatable bonds is 3. The molecule has 2 aromatic heterocycles. The zero-order valence-electron chi connectivity index (χ0n) is 8.74. The van der Waals surface area contributed by atoms with Crippen LogP contribution in [0.4, 0.5) is 0 Å². The Bertz CT molecular complexity index is 474. The van der Waals surface area contributed by atoms with Gasteiger partial charge in [0.1, 0.15) is 11.8 Å². The van der Waals surface area contributed by atoms with Gasteiger partial charge in [0.15, 0.2) is 9.27 Å². The number of aryl methyl sites for hydroxylation is 1. The summed E-state index contributed by atoms with van der Waals surface area (Å²) in [6, 6.07) is 3.68. The Labute approximate surface area is 109 Å². The molecule has 2 heterocycles. The molecular formula is C9H10Br2N4O. The fraction of sp³-hybridized carbons (Fsp3) is 0.333. The molecule has 0 radical (unpaired) electrons. The highest BCUT2D eigenvalue weighted by molar-refractivity contribution is 9.10. The molecule has 1 atom stereocenters. The predicted molar refractivity (Wildman–Crippen MR) is 66.0 cm³/mol. The fourth-order valence-corrected chi connectivity index (χ4v) is 2.42. The summed E-state index contributed by atoms with van der Waals surface area (Å²) in [5.74, 6) is 0.806. The number of nitrogens with one attached hydrogen (secondary N) is 1. The van der Waals surface area contributed by atoms with E-state index in [-0.39, 0.29) is 6.04 Å². The first-order valence-corrected chi connectivity index (χ1v) is 6.19. The first kappa shape index (κ1) is 11.8. The highest BCUT2D eigenvalue weighted by Gasteiger charge is 2.23. The lowest BCUT2D eigenvalue weighted by molar-refractivity contribution is 0.434.